The smallest absolute Gasteiger partial charge is 0.328 e. The zero-order valence-corrected chi connectivity index (χ0v) is 12.3. The third-order valence-corrected chi connectivity index (χ3v) is 3.20. The predicted molar refractivity (Wildman–Crippen MR) is 74.9 cm³/mol. The Labute approximate surface area is 119 Å². The Morgan fingerprint density at radius 2 is 2.20 bits per heavy atom. The van der Waals surface area contributed by atoms with Crippen molar-refractivity contribution in [3.05, 3.63) is 11.9 Å². The van der Waals surface area contributed by atoms with Gasteiger partial charge < -0.3 is 14.4 Å². The summed E-state index contributed by atoms with van der Waals surface area (Å²) in [5.41, 5.74) is 0. The van der Waals surface area contributed by atoms with Crippen molar-refractivity contribution in [3.8, 4) is 5.88 Å². The van der Waals surface area contributed by atoms with Gasteiger partial charge in [0.1, 0.15) is 17.7 Å². The highest BCUT2D eigenvalue weighted by atomic mass is 16.5. The molecule has 1 saturated heterocycles. The van der Waals surface area contributed by atoms with Crippen molar-refractivity contribution in [1.29, 1.82) is 0 Å². The van der Waals surface area contributed by atoms with Crippen LogP contribution >= 0.6 is 0 Å². The molecule has 1 fully saturated rings. The van der Waals surface area contributed by atoms with Gasteiger partial charge >= 0.3 is 5.97 Å². The highest BCUT2D eigenvalue weighted by Gasteiger charge is 2.33. The average Bonchev–Trinajstić information content (AvgIpc) is 2.88. The summed E-state index contributed by atoms with van der Waals surface area (Å²) in [7, 11) is 0. The largest absolute Gasteiger partial charge is 0.478 e. The Bertz CT molecular complexity index is 479. The fraction of sp³-hybridized carbons (Fsp3) is 0.643. The quantitative estimate of drug-likeness (QED) is 0.765. The molecular weight excluding hydrogens is 258 g/mol. The lowest BCUT2D eigenvalue weighted by Gasteiger charge is -2.24. The predicted octanol–water partition coefficient (Wildman–Crippen LogP) is 1.72. The molecule has 1 atom stereocenters. The normalized spacial score (nSPS) is 18.1. The maximum atomic E-state index is 12.0. The first-order valence-corrected chi connectivity index (χ1v) is 7.07. The molecule has 6 nitrogen and oxygen atoms in total. The van der Waals surface area contributed by atoms with Crippen molar-refractivity contribution in [2.75, 3.05) is 24.7 Å². The van der Waals surface area contributed by atoms with E-state index in [9.17, 15) is 4.79 Å². The van der Waals surface area contributed by atoms with Crippen LogP contribution in [-0.4, -0.2) is 41.7 Å². The number of carbonyl (C=O) groups is 1. The third-order valence-electron chi connectivity index (χ3n) is 3.20. The van der Waals surface area contributed by atoms with Gasteiger partial charge in [-0.05, 0) is 33.6 Å². The van der Waals surface area contributed by atoms with Gasteiger partial charge in [-0.25, -0.2) is 9.78 Å². The molecule has 20 heavy (non-hydrogen) atoms. The molecule has 1 aromatic heterocycles. The Morgan fingerprint density at radius 1 is 1.40 bits per heavy atom. The lowest BCUT2D eigenvalue weighted by Crippen LogP contribution is -2.38. The molecule has 0 amide bonds. The van der Waals surface area contributed by atoms with Crippen LogP contribution in [-0.2, 0) is 9.53 Å². The average molecular weight is 279 g/mol. The fourth-order valence-electron chi connectivity index (χ4n) is 2.42. The van der Waals surface area contributed by atoms with Crippen molar-refractivity contribution in [3.63, 3.8) is 0 Å². The minimum atomic E-state index is -0.251. The molecule has 2 heterocycles. The maximum absolute atomic E-state index is 12.0. The van der Waals surface area contributed by atoms with E-state index in [0.717, 1.165) is 25.2 Å². The van der Waals surface area contributed by atoms with Crippen LogP contribution in [0.4, 0.5) is 5.82 Å². The molecule has 0 spiro atoms. The Kier molecular flexibility index (Phi) is 4.76. The summed E-state index contributed by atoms with van der Waals surface area (Å²) in [6, 6.07) is 1.53. The van der Waals surface area contributed by atoms with Gasteiger partial charge in [0.05, 0.1) is 13.2 Å². The van der Waals surface area contributed by atoms with Gasteiger partial charge in [0.15, 0.2) is 0 Å². The summed E-state index contributed by atoms with van der Waals surface area (Å²) in [4.78, 5) is 22.6. The van der Waals surface area contributed by atoms with Gasteiger partial charge in [0.2, 0.25) is 5.88 Å². The second-order valence-electron chi connectivity index (χ2n) is 4.65. The summed E-state index contributed by atoms with van der Waals surface area (Å²) in [6.45, 7) is 7.30. The Morgan fingerprint density at radius 3 is 2.90 bits per heavy atom. The van der Waals surface area contributed by atoms with Gasteiger partial charge in [-0.15, -0.1) is 0 Å². The molecule has 0 aliphatic carbocycles. The van der Waals surface area contributed by atoms with Crippen LogP contribution in [0.15, 0.2) is 6.07 Å². The first-order chi connectivity index (χ1) is 9.65. The molecule has 1 aliphatic rings. The van der Waals surface area contributed by atoms with Crippen molar-refractivity contribution in [2.45, 2.75) is 39.7 Å². The SMILES string of the molecule is CCOC(=O)C1CCCN1c1cc(OCC)nc(C)n1. The zero-order valence-electron chi connectivity index (χ0n) is 12.3. The number of anilines is 1. The van der Waals surface area contributed by atoms with Gasteiger partial charge in [0, 0.05) is 12.6 Å². The van der Waals surface area contributed by atoms with Crippen LogP contribution in [0.2, 0.25) is 0 Å². The minimum Gasteiger partial charge on any atom is -0.478 e. The van der Waals surface area contributed by atoms with E-state index in [1.807, 2.05) is 25.7 Å². The molecule has 1 aromatic rings. The number of aromatic nitrogens is 2. The van der Waals surface area contributed by atoms with E-state index < -0.39 is 0 Å². The number of carbonyl (C=O) groups excluding carboxylic acids is 1. The Balaban J connectivity index is 2.23. The van der Waals surface area contributed by atoms with Crippen LogP contribution in [0, 0.1) is 6.92 Å². The summed E-state index contributed by atoms with van der Waals surface area (Å²) >= 11 is 0. The van der Waals surface area contributed by atoms with E-state index in [4.69, 9.17) is 9.47 Å². The van der Waals surface area contributed by atoms with Gasteiger partial charge in [-0.2, -0.15) is 4.98 Å². The third kappa shape index (κ3) is 3.18. The lowest BCUT2D eigenvalue weighted by atomic mass is 10.2. The number of rotatable bonds is 5. The van der Waals surface area contributed by atoms with E-state index in [1.54, 1.807) is 6.07 Å². The summed E-state index contributed by atoms with van der Waals surface area (Å²) in [5, 5.41) is 0. The van der Waals surface area contributed by atoms with Crippen LogP contribution in [0.1, 0.15) is 32.5 Å². The molecule has 0 radical (unpaired) electrons. The van der Waals surface area contributed by atoms with E-state index >= 15 is 0 Å². The van der Waals surface area contributed by atoms with E-state index in [2.05, 4.69) is 9.97 Å². The van der Waals surface area contributed by atoms with Gasteiger partial charge in [0.25, 0.3) is 0 Å². The van der Waals surface area contributed by atoms with E-state index in [-0.39, 0.29) is 12.0 Å². The topological polar surface area (TPSA) is 64.5 Å². The summed E-state index contributed by atoms with van der Waals surface area (Å²) < 4.78 is 10.6. The summed E-state index contributed by atoms with van der Waals surface area (Å²) in [6.07, 6.45) is 1.75. The van der Waals surface area contributed by atoms with Crippen molar-refractivity contribution in [2.24, 2.45) is 0 Å². The second kappa shape index (κ2) is 6.54. The molecule has 2 rings (SSSR count). The van der Waals surface area contributed by atoms with Crippen molar-refractivity contribution in [1.82, 2.24) is 9.97 Å². The molecule has 0 aromatic carbocycles. The Hall–Kier alpha value is -1.85. The second-order valence-corrected chi connectivity index (χ2v) is 4.65. The number of ether oxygens (including phenoxy) is 2. The maximum Gasteiger partial charge on any atom is 0.328 e. The van der Waals surface area contributed by atoms with Crippen molar-refractivity contribution >= 4 is 11.8 Å². The first-order valence-electron chi connectivity index (χ1n) is 7.07. The first kappa shape index (κ1) is 14.6. The molecule has 1 unspecified atom stereocenters. The minimum absolute atomic E-state index is 0.181. The number of esters is 1. The number of hydrogen-bond donors (Lipinski definition) is 0. The van der Waals surface area contributed by atoms with Crippen LogP contribution in [0.25, 0.3) is 0 Å². The molecular formula is C14H21N3O3. The number of hydrogen-bond acceptors (Lipinski definition) is 6. The molecule has 0 saturated carbocycles. The number of aryl methyl sites for hydroxylation is 1. The van der Waals surface area contributed by atoms with Crippen molar-refractivity contribution < 1.29 is 14.3 Å². The molecule has 0 bridgehead atoms. The zero-order chi connectivity index (χ0) is 14.5. The van der Waals surface area contributed by atoms with Crippen LogP contribution < -0.4 is 9.64 Å². The fourth-order valence-corrected chi connectivity index (χ4v) is 2.42. The molecule has 1 aliphatic heterocycles. The summed E-state index contributed by atoms with van der Waals surface area (Å²) in [5.74, 6) is 1.74. The van der Waals surface area contributed by atoms with E-state index in [1.165, 1.54) is 0 Å². The van der Waals surface area contributed by atoms with Gasteiger partial charge in [-0.3, -0.25) is 0 Å². The highest BCUT2D eigenvalue weighted by Crippen LogP contribution is 2.27. The van der Waals surface area contributed by atoms with E-state index in [0.29, 0.717) is 24.9 Å². The lowest BCUT2D eigenvalue weighted by molar-refractivity contribution is -0.144. The number of nitrogens with zero attached hydrogens (tertiary/aromatic N) is 3. The van der Waals surface area contributed by atoms with Crippen LogP contribution in [0.5, 0.6) is 5.88 Å². The molecule has 110 valence electrons. The molecule has 6 heteroatoms. The highest BCUT2D eigenvalue weighted by molar-refractivity contribution is 5.80. The van der Waals surface area contributed by atoms with Crippen LogP contribution in [0.3, 0.4) is 0 Å². The van der Waals surface area contributed by atoms with Gasteiger partial charge in [-0.1, -0.05) is 0 Å². The molecule has 0 N–H and O–H groups in total. The standard InChI is InChI=1S/C14H21N3O3/c1-4-19-13-9-12(15-10(3)16-13)17-8-6-7-11(17)14(18)20-5-2/h9,11H,4-8H2,1-3H3. The monoisotopic (exact) mass is 279 g/mol.